The first-order valence-corrected chi connectivity index (χ1v) is 5.34. The Bertz CT molecular complexity index is 498. The van der Waals surface area contributed by atoms with Gasteiger partial charge in [0.1, 0.15) is 0 Å². The minimum Gasteiger partial charge on any atom is -0.337 e. The van der Waals surface area contributed by atoms with Gasteiger partial charge in [-0.05, 0) is 44.1 Å². The summed E-state index contributed by atoms with van der Waals surface area (Å²) in [6.45, 7) is 2.01. The van der Waals surface area contributed by atoms with E-state index in [2.05, 4.69) is 15.0 Å². The van der Waals surface area contributed by atoms with Crippen LogP contribution in [0.1, 0.15) is 17.1 Å². The molecule has 0 saturated carbocycles. The summed E-state index contributed by atoms with van der Waals surface area (Å²) in [5.41, 5.74) is 3.31. The van der Waals surface area contributed by atoms with E-state index in [4.69, 9.17) is 12.2 Å². The van der Waals surface area contributed by atoms with Crippen LogP contribution in [0.5, 0.6) is 0 Å². The molecule has 2 rings (SSSR count). The predicted molar refractivity (Wildman–Crippen MR) is 62.4 cm³/mol. The van der Waals surface area contributed by atoms with E-state index in [0.29, 0.717) is 4.77 Å². The number of imidazole rings is 1. The topological polar surface area (TPSA) is 44.5 Å². The van der Waals surface area contributed by atoms with Crippen LogP contribution >= 0.6 is 12.2 Å². The SMILES string of the molecule is Cc1cccc(CCc2c[nH]c(=S)[nH]2)n1. The van der Waals surface area contributed by atoms with Crippen LogP contribution in [0.25, 0.3) is 0 Å². The molecule has 0 radical (unpaired) electrons. The van der Waals surface area contributed by atoms with Gasteiger partial charge < -0.3 is 9.97 Å². The molecule has 78 valence electrons. The van der Waals surface area contributed by atoms with Gasteiger partial charge in [0.2, 0.25) is 0 Å². The molecule has 0 unspecified atom stereocenters. The van der Waals surface area contributed by atoms with Crippen molar-refractivity contribution >= 4 is 12.2 Å². The summed E-state index contributed by atoms with van der Waals surface area (Å²) in [6.07, 6.45) is 3.78. The third kappa shape index (κ3) is 2.76. The Balaban J connectivity index is 2.02. The Morgan fingerprint density at radius 3 is 2.87 bits per heavy atom. The molecule has 0 aromatic carbocycles. The van der Waals surface area contributed by atoms with E-state index < -0.39 is 0 Å². The van der Waals surface area contributed by atoms with Gasteiger partial charge >= 0.3 is 0 Å². The largest absolute Gasteiger partial charge is 0.337 e. The fourth-order valence-electron chi connectivity index (χ4n) is 1.51. The van der Waals surface area contributed by atoms with Crippen molar-refractivity contribution in [1.29, 1.82) is 0 Å². The summed E-state index contributed by atoms with van der Waals surface area (Å²) in [5.74, 6) is 0. The normalized spacial score (nSPS) is 10.5. The van der Waals surface area contributed by atoms with Gasteiger partial charge in [0.15, 0.2) is 4.77 Å². The van der Waals surface area contributed by atoms with Crippen molar-refractivity contribution in [3.05, 3.63) is 46.2 Å². The Morgan fingerprint density at radius 2 is 2.20 bits per heavy atom. The molecular formula is C11H13N3S. The molecule has 0 aliphatic carbocycles. The number of aromatic amines is 2. The third-order valence-corrected chi connectivity index (χ3v) is 2.47. The van der Waals surface area contributed by atoms with Crippen molar-refractivity contribution in [3.63, 3.8) is 0 Å². The highest BCUT2D eigenvalue weighted by Gasteiger charge is 1.98. The van der Waals surface area contributed by atoms with E-state index in [-0.39, 0.29) is 0 Å². The van der Waals surface area contributed by atoms with E-state index in [1.165, 1.54) is 0 Å². The number of nitrogens with zero attached hydrogens (tertiary/aromatic N) is 1. The summed E-state index contributed by atoms with van der Waals surface area (Å²) in [6, 6.07) is 6.10. The molecule has 0 atom stereocenters. The average Bonchev–Trinajstić information content (AvgIpc) is 2.62. The van der Waals surface area contributed by atoms with Gasteiger partial charge in [-0.25, -0.2) is 0 Å². The van der Waals surface area contributed by atoms with Crippen LogP contribution in [0.15, 0.2) is 24.4 Å². The number of aromatic nitrogens is 3. The second-order valence-electron chi connectivity index (χ2n) is 3.54. The van der Waals surface area contributed by atoms with Crippen LogP contribution in [0, 0.1) is 11.7 Å². The minimum absolute atomic E-state index is 0.683. The molecule has 4 heteroatoms. The molecule has 0 bridgehead atoms. The Kier molecular flexibility index (Phi) is 2.97. The van der Waals surface area contributed by atoms with Crippen LogP contribution in [0.2, 0.25) is 0 Å². The van der Waals surface area contributed by atoms with Gasteiger partial charge in [0.05, 0.1) is 0 Å². The smallest absolute Gasteiger partial charge is 0.174 e. The van der Waals surface area contributed by atoms with Gasteiger partial charge in [0, 0.05) is 23.3 Å². The summed E-state index contributed by atoms with van der Waals surface area (Å²) in [7, 11) is 0. The molecular weight excluding hydrogens is 206 g/mol. The van der Waals surface area contributed by atoms with Crippen LogP contribution in [-0.4, -0.2) is 15.0 Å². The molecule has 2 heterocycles. The zero-order valence-corrected chi connectivity index (χ0v) is 9.40. The van der Waals surface area contributed by atoms with Gasteiger partial charge in [-0.2, -0.15) is 0 Å². The monoisotopic (exact) mass is 219 g/mol. The lowest BCUT2D eigenvalue weighted by atomic mass is 10.2. The second kappa shape index (κ2) is 4.40. The van der Waals surface area contributed by atoms with Gasteiger partial charge in [-0.1, -0.05) is 6.07 Å². The number of hydrogen-bond acceptors (Lipinski definition) is 2. The zero-order chi connectivity index (χ0) is 10.7. The Morgan fingerprint density at radius 1 is 1.33 bits per heavy atom. The lowest BCUT2D eigenvalue weighted by molar-refractivity contribution is 0.879. The highest BCUT2D eigenvalue weighted by atomic mass is 32.1. The lowest BCUT2D eigenvalue weighted by Crippen LogP contribution is -1.95. The number of rotatable bonds is 3. The van der Waals surface area contributed by atoms with Gasteiger partial charge in [-0.15, -0.1) is 0 Å². The minimum atomic E-state index is 0.683. The molecule has 0 aliphatic rings. The van der Waals surface area contributed by atoms with Gasteiger partial charge in [-0.3, -0.25) is 4.98 Å². The molecule has 0 amide bonds. The van der Waals surface area contributed by atoms with Crippen LogP contribution in [0.4, 0.5) is 0 Å². The molecule has 0 aliphatic heterocycles. The standard InChI is InChI=1S/C11H13N3S/c1-8-3-2-4-9(13-8)5-6-10-7-12-11(15)14-10/h2-4,7H,5-6H2,1H3,(H2,12,14,15). The van der Waals surface area contributed by atoms with Crippen molar-refractivity contribution in [1.82, 2.24) is 15.0 Å². The summed E-state index contributed by atoms with van der Waals surface area (Å²) in [4.78, 5) is 10.5. The second-order valence-corrected chi connectivity index (χ2v) is 3.95. The first kappa shape index (κ1) is 10.1. The Labute approximate surface area is 93.6 Å². The van der Waals surface area contributed by atoms with Crippen molar-refractivity contribution in [2.75, 3.05) is 0 Å². The fourth-order valence-corrected chi connectivity index (χ4v) is 1.70. The van der Waals surface area contributed by atoms with E-state index in [1.54, 1.807) is 0 Å². The number of hydrogen-bond donors (Lipinski definition) is 2. The van der Waals surface area contributed by atoms with Crippen molar-refractivity contribution in [3.8, 4) is 0 Å². The number of nitrogens with one attached hydrogen (secondary N) is 2. The average molecular weight is 219 g/mol. The molecule has 0 spiro atoms. The van der Waals surface area contributed by atoms with Crippen molar-refractivity contribution < 1.29 is 0 Å². The van der Waals surface area contributed by atoms with E-state index >= 15 is 0 Å². The van der Waals surface area contributed by atoms with Crippen LogP contribution in [-0.2, 0) is 12.8 Å². The van der Waals surface area contributed by atoms with Crippen LogP contribution < -0.4 is 0 Å². The summed E-state index contributed by atoms with van der Waals surface area (Å²) < 4.78 is 0.683. The molecule has 2 aromatic rings. The summed E-state index contributed by atoms with van der Waals surface area (Å²) >= 11 is 4.96. The van der Waals surface area contributed by atoms with E-state index in [9.17, 15) is 0 Å². The highest BCUT2D eigenvalue weighted by Crippen LogP contribution is 2.03. The number of H-pyrrole nitrogens is 2. The summed E-state index contributed by atoms with van der Waals surface area (Å²) in [5, 5.41) is 0. The molecule has 3 nitrogen and oxygen atoms in total. The maximum atomic E-state index is 4.96. The maximum absolute atomic E-state index is 4.96. The number of pyridine rings is 1. The first-order chi connectivity index (χ1) is 7.24. The third-order valence-electron chi connectivity index (χ3n) is 2.25. The van der Waals surface area contributed by atoms with Gasteiger partial charge in [0.25, 0.3) is 0 Å². The quantitative estimate of drug-likeness (QED) is 0.779. The lowest BCUT2D eigenvalue weighted by Gasteiger charge is -1.99. The number of aryl methyl sites for hydroxylation is 3. The molecule has 15 heavy (non-hydrogen) atoms. The Hall–Kier alpha value is -1.42. The molecule has 0 saturated heterocycles. The molecule has 2 N–H and O–H groups in total. The van der Waals surface area contributed by atoms with Crippen molar-refractivity contribution in [2.24, 2.45) is 0 Å². The predicted octanol–water partition coefficient (Wildman–Crippen LogP) is 2.56. The molecule has 2 aromatic heterocycles. The highest BCUT2D eigenvalue weighted by molar-refractivity contribution is 7.71. The van der Waals surface area contributed by atoms with E-state index in [1.807, 2.05) is 31.3 Å². The zero-order valence-electron chi connectivity index (χ0n) is 8.58. The van der Waals surface area contributed by atoms with Crippen molar-refractivity contribution in [2.45, 2.75) is 19.8 Å². The molecule has 0 fully saturated rings. The first-order valence-electron chi connectivity index (χ1n) is 4.93. The van der Waals surface area contributed by atoms with Crippen LogP contribution in [0.3, 0.4) is 0 Å². The fraction of sp³-hybridized carbons (Fsp3) is 0.273. The van der Waals surface area contributed by atoms with E-state index in [0.717, 1.165) is 29.9 Å². The maximum Gasteiger partial charge on any atom is 0.174 e.